The molecular weight excluding hydrogens is 509 g/mol. The average Bonchev–Trinajstić information content (AvgIpc) is 2.98. The normalized spacial score (nSPS) is 17.3. The van der Waals surface area contributed by atoms with Crippen molar-refractivity contribution >= 4 is 0 Å². The first-order valence-corrected chi connectivity index (χ1v) is 15.1. The molecule has 0 aromatic heterocycles. The maximum Gasteiger partial charge on any atom is 0.166 e. The molecule has 1 heterocycles. The lowest BCUT2D eigenvalue weighted by Crippen LogP contribution is -2.30. The Labute approximate surface area is 237 Å². The topological polar surface area (TPSA) is 18.5 Å². The molecule has 2 nitrogen and oxygen atoms in total. The summed E-state index contributed by atoms with van der Waals surface area (Å²) in [5, 5.41) is 0. The SMILES string of the molecule is CCCCCCCC1OCC(c2ccc(-c3ccc(-c4ccc(CCCCCC)c(F)c4F)cc3)c(F)c2)CO1. The summed E-state index contributed by atoms with van der Waals surface area (Å²) in [4.78, 5) is 0. The van der Waals surface area contributed by atoms with E-state index in [9.17, 15) is 8.78 Å². The fraction of sp³-hybridized carbons (Fsp3) is 0.486. The van der Waals surface area contributed by atoms with Crippen molar-refractivity contribution in [2.24, 2.45) is 0 Å². The molecular formula is C35H43F3O2. The highest BCUT2D eigenvalue weighted by molar-refractivity contribution is 5.71. The van der Waals surface area contributed by atoms with E-state index in [0.717, 1.165) is 44.1 Å². The zero-order valence-electron chi connectivity index (χ0n) is 24.0. The van der Waals surface area contributed by atoms with Gasteiger partial charge in [-0.25, -0.2) is 13.2 Å². The predicted octanol–water partition coefficient (Wildman–Crippen LogP) is 10.4. The molecule has 40 heavy (non-hydrogen) atoms. The number of hydrogen-bond acceptors (Lipinski definition) is 2. The van der Waals surface area contributed by atoms with Gasteiger partial charge in [-0.1, -0.05) is 107 Å². The first-order valence-electron chi connectivity index (χ1n) is 15.1. The fourth-order valence-corrected chi connectivity index (χ4v) is 5.41. The van der Waals surface area contributed by atoms with Gasteiger partial charge in [0.05, 0.1) is 13.2 Å². The molecule has 1 aliphatic heterocycles. The van der Waals surface area contributed by atoms with Gasteiger partial charge in [-0.2, -0.15) is 0 Å². The second-order valence-electron chi connectivity index (χ2n) is 11.0. The van der Waals surface area contributed by atoms with E-state index in [2.05, 4.69) is 13.8 Å². The molecule has 0 bridgehead atoms. The summed E-state index contributed by atoms with van der Waals surface area (Å²) in [6.07, 6.45) is 11.4. The van der Waals surface area contributed by atoms with Crippen molar-refractivity contribution in [3.63, 3.8) is 0 Å². The van der Waals surface area contributed by atoms with Crippen molar-refractivity contribution < 1.29 is 22.6 Å². The van der Waals surface area contributed by atoms with Gasteiger partial charge in [0.25, 0.3) is 0 Å². The van der Waals surface area contributed by atoms with Crippen molar-refractivity contribution in [3.05, 3.63) is 83.2 Å². The molecule has 0 atom stereocenters. The van der Waals surface area contributed by atoms with Crippen LogP contribution in [0.2, 0.25) is 0 Å². The van der Waals surface area contributed by atoms with Crippen molar-refractivity contribution in [1.82, 2.24) is 0 Å². The van der Waals surface area contributed by atoms with E-state index in [1.165, 1.54) is 25.7 Å². The Bertz CT molecular complexity index is 1200. The van der Waals surface area contributed by atoms with Crippen LogP contribution in [0.1, 0.15) is 95.1 Å². The van der Waals surface area contributed by atoms with Gasteiger partial charge in [0.2, 0.25) is 0 Å². The molecule has 1 saturated heterocycles. The minimum Gasteiger partial charge on any atom is -0.352 e. The van der Waals surface area contributed by atoms with Crippen LogP contribution >= 0.6 is 0 Å². The third kappa shape index (κ3) is 7.98. The largest absolute Gasteiger partial charge is 0.352 e. The quantitative estimate of drug-likeness (QED) is 0.185. The minimum absolute atomic E-state index is 0.00486. The van der Waals surface area contributed by atoms with Gasteiger partial charge in [-0.05, 0) is 54.0 Å². The Balaban J connectivity index is 1.36. The zero-order valence-corrected chi connectivity index (χ0v) is 24.0. The van der Waals surface area contributed by atoms with Crippen molar-refractivity contribution in [2.75, 3.05) is 13.2 Å². The third-order valence-corrected chi connectivity index (χ3v) is 7.94. The van der Waals surface area contributed by atoms with Crippen molar-refractivity contribution in [2.45, 2.75) is 96.7 Å². The third-order valence-electron chi connectivity index (χ3n) is 7.94. The first kappa shape index (κ1) is 30.3. The lowest BCUT2D eigenvalue weighted by molar-refractivity contribution is -0.190. The van der Waals surface area contributed by atoms with Crippen LogP contribution in [-0.2, 0) is 15.9 Å². The standard InChI is InChI=1S/C35H43F3O2/c1-3-5-7-9-11-13-33-39-23-29(24-40-33)28-19-20-30(32(36)22-28)25-14-16-26(17-15-25)31-21-18-27(34(37)35(31)38)12-10-8-6-4-2/h14-22,29,33H,3-13,23-24H2,1-2H3. The molecule has 3 aromatic rings. The molecule has 0 radical (unpaired) electrons. The summed E-state index contributed by atoms with van der Waals surface area (Å²) < 4.78 is 56.6. The fourth-order valence-electron chi connectivity index (χ4n) is 5.41. The van der Waals surface area contributed by atoms with Crippen LogP contribution in [0.25, 0.3) is 22.3 Å². The van der Waals surface area contributed by atoms with Crippen LogP contribution in [0, 0.1) is 17.5 Å². The Morgan fingerprint density at radius 3 is 1.90 bits per heavy atom. The Morgan fingerprint density at radius 1 is 0.650 bits per heavy atom. The van der Waals surface area contributed by atoms with E-state index in [1.807, 2.05) is 6.07 Å². The monoisotopic (exact) mass is 552 g/mol. The van der Waals surface area contributed by atoms with Crippen LogP contribution in [0.15, 0.2) is 54.6 Å². The predicted molar refractivity (Wildman–Crippen MR) is 157 cm³/mol. The summed E-state index contributed by atoms with van der Waals surface area (Å²) in [5.74, 6) is -1.93. The minimum atomic E-state index is -0.827. The zero-order chi connectivity index (χ0) is 28.3. The summed E-state index contributed by atoms with van der Waals surface area (Å²) in [5.41, 5.74) is 3.20. The van der Waals surface area contributed by atoms with Gasteiger partial charge in [0, 0.05) is 17.0 Å². The highest BCUT2D eigenvalue weighted by Gasteiger charge is 2.24. The molecule has 216 valence electrons. The molecule has 0 amide bonds. The van der Waals surface area contributed by atoms with Crippen LogP contribution in [0.5, 0.6) is 0 Å². The Hall–Kier alpha value is -2.63. The van der Waals surface area contributed by atoms with E-state index in [-0.39, 0.29) is 23.6 Å². The molecule has 3 aromatic carbocycles. The smallest absolute Gasteiger partial charge is 0.166 e. The summed E-state index contributed by atoms with van der Waals surface area (Å²) >= 11 is 0. The average molecular weight is 553 g/mol. The summed E-state index contributed by atoms with van der Waals surface area (Å²) in [6.45, 7) is 5.37. The second kappa shape index (κ2) is 15.4. The number of benzene rings is 3. The summed E-state index contributed by atoms with van der Waals surface area (Å²) in [7, 11) is 0. The first-order chi connectivity index (χ1) is 19.5. The number of unbranched alkanes of at least 4 members (excludes halogenated alkanes) is 7. The van der Waals surface area contributed by atoms with Gasteiger partial charge in [-0.3, -0.25) is 0 Å². The molecule has 5 heteroatoms. The lowest BCUT2D eigenvalue weighted by Gasteiger charge is -2.30. The molecule has 1 fully saturated rings. The number of rotatable bonds is 14. The maximum atomic E-state index is 15.2. The van der Waals surface area contributed by atoms with Gasteiger partial charge in [0.1, 0.15) is 5.82 Å². The van der Waals surface area contributed by atoms with E-state index < -0.39 is 11.6 Å². The number of ether oxygens (including phenoxy) is 2. The Kier molecular flexibility index (Phi) is 11.7. The number of hydrogen-bond donors (Lipinski definition) is 0. The second-order valence-corrected chi connectivity index (χ2v) is 11.0. The van der Waals surface area contributed by atoms with Crippen LogP contribution in [0.4, 0.5) is 13.2 Å². The van der Waals surface area contributed by atoms with E-state index >= 15 is 4.39 Å². The van der Waals surface area contributed by atoms with Crippen molar-refractivity contribution in [1.29, 1.82) is 0 Å². The highest BCUT2D eigenvalue weighted by atomic mass is 19.2. The van der Waals surface area contributed by atoms with Crippen LogP contribution in [0.3, 0.4) is 0 Å². The van der Waals surface area contributed by atoms with Crippen LogP contribution in [-0.4, -0.2) is 19.5 Å². The van der Waals surface area contributed by atoms with E-state index in [1.54, 1.807) is 48.5 Å². The molecule has 0 aliphatic carbocycles. The van der Waals surface area contributed by atoms with Crippen LogP contribution < -0.4 is 0 Å². The summed E-state index contributed by atoms with van der Waals surface area (Å²) in [6, 6.07) is 15.5. The number of aryl methyl sites for hydroxylation is 1. The molecule has 4 rings (SSSR count). The maximum absolute atomic E-state index is 15.2. The lowest BCUT2D eigenvalue weighted by atomic mass is 9.94. The Morgan fingerprint density at radius 2 is 1.25 bits per heavy atom. The molecule has 0 spiro atoms. The van der Waals surface area contributed by atoms with E-state index in [4.69, 9.17) is 9.47 Å². The number of halogens is 3. The van der Waals surface area contributed by atoms with Gasteiger partial charge >= 0.3 is 0 Å². The molecule has 1 aliphatic rings. The molecule has 0 unspecified atom stereocenters. The van der Waals surface area contributed by atoms with Crippen molar-refractivity contribution in [3.8, 4) is 22.3 Å². The molecule has 0 saturated carbocycles. The molecule has 0 N–H and O–H groups in total. The van der Waals surface area contributed by atoms with Gasteiger partial charge in [0.15, 0.2) is 17.9 Å². The highest BCUT2D eigenvalue weighted by Crippen LogP contribution is 2.32. The van der Waals surface area contributed by atoms with Gasteiger partial charge in [-0.15, -0.1) is 0 Å². The van der Waals surface area contributed by atoms with Gasteiger partial charge < -0.3 is 9.47 Å². The van der Waals surface area contributed by atoms with E-state index in [0.29, 0.717) is 41.9 Å².